The molecular formula is C12H9F3N2O2. The number of alkyl halides is 3. The fraction of sp³-hybridized carbons (Fsp3) is 0.0833. The van der Waals surface area contributed by atoms with Gasteiger partial charge in [-0.2, -0.15) is 13.2 Å². The zero-order valence-electron chi connectivity index (χ0n) is 9.48. The summed E-state index contributed by atoms with van der Waals surface area (Å²) < 4.78 is 43.2. The normalized spacial score (nSPS) is 11.3. The summed E-state index contributed by atoms with van der Waals surface area (Å²) in [6, 6.07) is 6.04. The van der Waals surface area contributed by atoms with Gasteiger partial charge in [-0.15, -0.1) is 0 Å². The molecule has 0 aliphatic rings. The molecule has 0 amide bonds. The third kappa shape index (κ3) is 2.70. The van der Waals surface area contributed by atoms with Gasteiger partial charge in [-0.25, -0.2) is 4.98 Å². The van der Waals surface area contributed by atoms with Gasteiger partial charge in [0, 0.05) is 6.20 Å². The van der Waals surface area contributed by atoms with Crippen molar-refractivity contribution in [3.63, 3.8) is 0 Å². The van der Waals surface area contributed by atoms with Crippen molar-refractivity contribution in [1.82, 2.24) is 4.98 Å². The molecule has 7 heteroatoms. The molecule has 1 aromatic heterocycles. The minimum absolute atomic E-state index is 0.0933. The van der Waals surface area contributed by atoms with Crippen molar-refractivity contribution >= 4 is 5.69 Å². The summed E-state index contributed by atoms with van der Waals surface area (Å²) >= 11 is 0. The van der Waals surface area contributed by atoms with E-state index < -0.39 is 17.6 Å². The Labute approximate surface area is 106 Å². The molecule has 2 rings (SSSR count). The molecule has 0 radical (unpaired) electrons. The van der Waals surface area contributed by atoms with Gasteiger partial charge in [-0.05, 0) is 24.3 Å². The van der Waals surface area contributed by atoms with Crippen molar-refractivity contribution in [2.24, 2.45) is 0 Å². The van der Waals surface area contributed by atoms with Crippen molar-refractivity contribution < 1.29 is 23.0 Å². The molecule has 0 saturated carbocycles. The summed E-state index contributed by atoms with van der Waals surface area (Å²) in [5.74, 6) is -0.988. The Hall–Kier alpha value is -2.44. The molecule has 0 unspecified atom stereocenters. The van der Waals surface area contributed by atoms with E-state index >= 15 is 0 Å². The predicted molar refractivity (Wildman–Crippen MR) is 61.8 cm³/mol. The zero-order valence-corrected chi connectivity index (χ0v) is 9.48. The SMILES string of the molecule is Nc1c(O)cccc1Oc1ncccc1C(F)(F)F. The quantitative estimate of drug-likeness (QED) is 0.649. The summed E-state index contributed by atoms with van der Waals surface area (Å²) in [7, 11) is 0. The van der Waals surface area contributed by atoms with Crippen LogP contribution in [0.1, 0.15) is 5.56 Å². The second-order valence-corrected chi connectivity index (χ2v) is 3.64. The molecular weight excluding hydrogens is 261 g/mol. The first-order chi connectivity index (χ1) is 8.89. The lowest BCUT2D eigenvalue weighted by molar-refractivity contribution is -0.138. The van der Waals surface area contributed by atoms with E-state index in [4.69, 9.17) is 10.5 Å². The number of nitrogens with two attached hydrogens (primary N) is 1. The summed E-state index contributed by atoms with van der Waals surface area (Å²) in [6.45, 7) is 0. The van der Waals surface area contributed by atoms with Crippen LogP contribution < -0.4 is 10.5 Å². The van der Waals surface area contributed by atoms with Crippen molar-refractivity contribution in [2.75, 3.05) is 5.73 Å². The highest BCUT2D eigenvalue weighted by Gasteiger charge is 2.35. The van der Waals surface area contributed by atoms with Gasteiger partial charge in [-0.1, -0.05) is 6.07 Å². The average molecular weight is 270 g/mol. The minimum Gasteiger partial charge on any atom is -0.506 e. The monoisotopic (exact) mass is 270 g/mol. The van der Waals surface area contributed by atoms with Crippen molar-refractivity contribution in [1.29, 1.82) is 0 Å². The summed E-state index contributed by atoms with van der Waals surface area (Å²) in [5, 5.41) is 9.36. The standard InChI is InChI=1S/C12H9F3N2O2/c13-12(14,15)7-3-2-6-17-11(7)19-9-5-1-4-8(18)10(9)16/h1-6,18H,16H2. The lowest BCUT2D eigenvalue weighted by atomic mass is 10.2. The van der Waals surface area contributed by atoms with Crippen molar-refractivity contribution in [2.45, 2.75) is 6.18 Å². The number of anilines is 1. The molecule has 1 heterocycles. The van der Waals surface area contributed by atoms with Crippen LogP contribution in [0, 0.1) is 0 Å². The molecule has 0 bridgehead atoms. The van der Waals surface area contributed by atoms with Crippen LogP contribution in [0.25, 0.3) is 0 Å². The number of phenols is 1. The van der Waals surface area contributed by atoms with E-state index in [1.54, 1.807) is 0 Å². The number of nitrogen functional groups attached to an aromatic ring is 1. The number of hydrogen-bond acceptors (Lipinski definition) is 4. The Balaban J connectivity index is 2.42. The Kier molecular flexibility index (Phi) is 3.20. The lowest BCUT2D eigenvalue weighted by Gasteiger charge is -2.13. The van der Waals surface area contributed by atoms with Gasteiger partial charge in [0.1, 0.15) is 17.0 Å². The van der Waals surface area contributed by atoms with Crippen LogP contribution in [0.3, 0.4) is 0 Å². The van der Waals surface area contributed by atoms with E-state index in [0.717, 1.165) is 12.1 Å². The Morgan fingerprint density at radius 3 is 2.58 bits per heavy atom. The van der Waals surface area contributed by atoms with E-state index in [-0.39, 0.29) is 17.2 Å². The lowest BCUT2D eigenvalue weighted by Crippen LogP contribution is -2.08. The number of halogens is 3. The van der Waals surface area contributed by atoms with E-state index in [1.807, 2.05) is 0 Å². The summed E-state index contributed by atoms with van der Waals surface area (Å²) in [4.78, 5) is 3.53. The summed E-state index contributed by atoms with van der Waals surface area (Å²) in [5.41, 5.74) is 4.34. The van der Waals surface area contributed by atoms with Crippen LogP contribution in [0.4, 0.5) is 18.9 Å². The average Bonchev–Trinajstić information content (AvgIpc) is 2.34. The number of aromatic nitrogens is 1. The van der Waals surface area contributed by atoms with Crippen molar-refractivity contribution in [3.8, 4) is 17.4 Å². The van der Waals surface area contributed by atoms with Crippen molar-refractivity contribution in [3.05, 3.63) is 42.1 Å². The van der Waals surface area contributed by atoms with Gasteiger partial charge in [0.2, 0.25) is 5.88 Å². The third-order valence-corrected chi connectivity index (χ3v) is 2.33. The first-order valence-electron chi connectivity index (χ1n) is 5.17. The number of para-hydroxylation sites is 1. The Morgan fingerprint density at radius 1 is 1.16 bits per heavy atom. The molecule has 2 aromatic rings. The Morgan fingerprint density at radius 2 is 1.89 bits per heavy atom. The van der Waals surface area contributed by atoms with Gasteiger partial charge in [0.15, 0.2) is 5.75 Å². The first-order valence-corrected chi connectivity index (χ1v) is 5.17. The number of phenolic OH excluding ortho intramolecular Hbond substituents is 1. The molecule has 19 heavy (non-hydrogen) atoms. The molecule has 4 nitrogen and oxygen atoms in total. The second kappa shape index (κ2) is 4.68. The number of nitrogens with zero attached hydrogens (tertiary/aromatic N) is 1. The third-order valence-electron chi connectivity index (χ3n) is 2.33. The second-order valence-electron chi connectivity index (χ2n) is 3.64. The molecule has 0 aliphatic carbocycles. The smallest absolute Gasteiger partial charge is 0.421 e. The topological polar surface area (TPSA) is 68.4 Å². The van der Waals surface area contributed by atoms with Crippen LogP contribution in [0.5, 0.6) is 17.4 Å². The predicted octanol–water partition coefficient (Wildman–Crippen LogP) is 3.18. The molecule has 0 fully saturated rings. The molecule has 0 saturated heterocycles. The highest BCUT2D eigenvalue weighted by Crippen LogP contribution is 2.39. The number of hydrogen-bond donors (Lipinski definition) is 2. The highest BCUT2D eigenvalue weighted by atomic mass is 19.4. The van der Waals surface area contributed by atoms with E-state index in [9.17, 15) is 18.3 Å². The number of pyridine rings is 1. The van der Waals surface area contributed by atoms with E-state index in [1.165, 1.54) is 24.4 Å². The number of aromatic hydroxyl groups is 1. The maximum atomic E-state index is 12.7. The van der Waals surface area contributed by atoms with Gasteiger partial charge in [0.05, 0.1) is 0 Å². The maximum Gasteiger partial charge on any atom is 0.421 e. The van der Waals surface area contributed by atoms with Gasteiger partial charge in [0.25, 0.3) is 0 Å². The van der Waals surface area contributed by atoms with Crippen LogP contribution in [-0.2, 0) is 6.18 Å². The molecule has 3 N–H and O–H groups in total. The highest BCUT2D eigenvalue weighted by molar-refractivity contribution is 5.62. The molecule has 0 spiro atoms. The number of ether oxygens (including phenoxy) is 1. The van der Waals surface area contributed by atoms with Gasteiger partial charge < -0.3 is 15.6 Å². The zero-order chi connectivity index (χ0) is 14.0. The molecule has 0 aliphatic heterocycles. The molecule has 1 aromatic carbocycles. The minimum atomic E-state index is -4.59. The van der Waals surface area contributed by atoms with E-state index in [2.05, 4.69) is 4.98 Å². The van der Waals surface area contributed by atoms with E-state index in [0.29, 0.717) is 0 Å². The fourth-order valence-electron chi connectivity index (χ4n) is 1.41. The Bertz CT molecular complexity index is 600. The molecule has 0 atom stereocenters. The first kappa shape index (κ1) is 13.0. The van der Waals surface area contributed by atoms with Crippen LogP contribution in [0.15, 0.2) is 36.5 Å². The fourth-order valence-corrected chi connectivity index (χ4v) is 1.41. The van der Waals surface area contributed by atoms with Crippen LogP contribution >= 0.6 is 0 Å². The number of rotatable bonds is 2. The van der Waals surface area contributed by atoms with Crippen LogP contribution in [-0.4, -0.2) is 10.1 Å². The number of benzene rings is 1. The van der Waals surface area contributed by atoms with Gasteiger partial charge in [-0.3, -0.25) is 0 Å². The largest absolute Gasteiger partial charge is 0.506 e. The van der Waals surface area contributed by atoms with Gasteiger partial charge >= 0.3 is 6.18 Å². The molecule has 100 valence electrons. The van der Waals surface area contributed by atoms with Crippen LogP contribution in [0.2, 0.25) is 0 Å². The summed E-state index contributed by atoms with van der Waals surface area (Å²) in [6.07, 6.45) is -3.42. The maximum absolute atomic E-state index is 12.7.